The van der Waals surface area contributed by atoms with Crippen LogP contribution in [-0.2, 0) is 0 Å². The van der Waals surface area contributed by atoms with E-state index in [4.69, 9.17) is 0 Å². The van der Waals surface area contributed by atoms with Gasteiger partial charge in [0.05, 0.1) is 5.69 Å². The molecule has 0 saturated carbocycles. The lowest BCUT2D eigenvalue weighted by Crippen LogP contribution is -2.28. The standard InChI is InChI=1S/C15H19N5/c1-11-4-2-8-17-14(11)20-15-18-9-6-13(19-15)12-5-3-7-16-10-12/h2,4,6,8-9,12,16H,3,5,7,10H2,1H3,(H,17,18,19,20)/t12-/m1/s1. The van der Waals surface area contributed by atoms with Gasteiger partial charge in [0.25, 0.3) is 0 Å². The van der Waals surface area contributed by atoms with Crippen LogP contribution in [0.2, 0.25) is 0 Å². The summed E-state index contributed by atoms with van der Waals surface area (Å²) in [4.78, 5) is 13.2. The summed E-state index contributed by atoms with van der Waals surface area (Å²) in [6, 6.07) is 5.95. The summed E-state index contributed by atoms with van der Waals surface area (Å²) in [7, 11) is 0. The van der Waals surface area contributed by atoms with Crippen LogP contribution in [-0.4, -0.2) is 28.0 Å². The SMILES string of the molecule is Cc1cccnc1Nc1nccc([C@@H]2CCCNC2)n1. The van der Waals surface area contributed by atoms with Crippen LogP contribution < -0.4 is 10.6 Å². The molecule has 1 saturated heterocycles. The number of pyridine rings is 1. The van der Waals surface area contributed by atoms with Gasteiger partial charge in [0, 0.05) is 24.9 Å². The van der Waals surface area contributed by atoms with Gasteiger partial charge in [0.15, 0.2) is 0 Å². The van der Waals surface area contributed by atoms with E-state index in [1.54, 1.807) is 6.20 Å². The number of piperidine rings is 1. The normalized spacial score (nSPS) is 18.8. The topological polar surface area (TPSA) is 62.7 Å². The summed E-state index contributed by atoms with van der Waals surface area (Å²) in [5, 5.41) is 6.62. The zero-order valence-corrected chi connectivity index (χ0v) is 11.6. The number of hydrogen-bond donors (Lipinski definition) is 2. The molecule has 0 amide bonds. The van der Waals surface area contributed by atoms with Gasteiger partial charge < -0.3 is 10.6 Å². The molecule has 0 spiro atoms. The number of nitrogens with zero attached hydrogens (tertiary/aromatic N) is 3. The maximum Gasteiger partial charge on any atom is 0.228 e. The maximum atomic E-state index is 4.63. The summed E-state index contributed by atoms with van der Waals surface area (Å²) in [5.74, 6) is 1.92. The van der Waals surface area contributed by atoms with Crippen molar-refractivity contribution in [2.45, 2.75) is 25.7 Å². The first-order chi connectivity index (χ1) is 9.83. The van der Waals surface area contributed by atoms with Gasteiger partial charge in [-0.15, -0.1) is 0 Å². The Morgan fingerprint density at radius 3 is 3.00 bits per heavy atom. The van der Waals surface area contributed by atoms with Crippen LogP contribution in [0.25, 0.3) is 0 Å². The molecular formula is C15H19N5. The zero-order chi connectivity index (χ0) is 13.8. The first-order valence-electron chi connectivity index (χ1n) is 7.05. The van der Waals surface area contributed by atoms with Crippen molar-refractivity contribution < 1.29 is 0 Å². The molecule has 0 radical (unpaired) electrons. The minimum absolute atomic E-state index is 0.483. The van der Waals surface area contributed by atoms with Crippen LogP contribution in [0, 0.1) is 6.92 Å². The number of aryl methyl sites for hydroxylation is 1. The lowest BCUT2D eigenvalue weighted by atomic mass is 9.96. The molecule has 0 aliphatic carbocycles. The summed E-state index contributed by atoms with van der Waals surface area (Å²) < 4.78 is 0. The molecule has 0 bridgehead atoms. The smallest absolute Gasteiger partial charge is 0.228 e. The quantitative estimate of drug-likeness (QED) is 0.896. The average Bonchev–Trinajstić information content (AvgIpc) is 2.51. The Bertz CT molecular complexity index is 578. The van der Waals surface area contributed by atoms with Gasteiger partial charge in [-0.05, 0) is 44.0 Å². The van der Waals surface area contributed by atoms with Crippen molar-refractivity contribution in [3.63, 3.8) is 0 Å². The van der Waals surface area contributed by atoms with Gasteiger partial charge in [-0.3, -0.25) is 0 Å². The highest BCUT2D eigenvalue weighted by Gasteiger charge is 2.17. The van der Waals surface area contributed by atoms with E-state index in [1.807, 2.05) is 31.3 Å². The minimum atomic E-state index is 0.483. The lowest BCUT2D eigenvalue weighted by molar-refractivity contribution is 0.454. The molecule has 1 aliphatic rings. The van der Waals surface area contributed by atoms with Gasteiger partial charge in [0.2, 0.25) is 5.95 Å². The van der Waals surface area contributed by atoms with E-state index in [0.29, 0.717) is 11.9 Å². The third-order valence-corrected chi connectivity index (χ3v) is 3.63. The third-order valence-electron chi connectivity index (χ3n) is 3.63. The van der Waals surface area contributed by atoms with Gasteiger partial charge in [-0.2, -0.15) is 0 Å². The first-order valence-corrected chi connectivity index (χ1v) is 7.05. The fourth-order valence-corrected chi connectivity index (χ4v) is 2.49. The van der Waals surface area contributed by atoms with Crippen LogP contribution in [0.3, 0.4) is 0 Å². The van der Waals surface area contributed by atoms with Gasteiger partial charge in [-0.25, -0.2) is 15.0 Å². The van der Waals surface area contributed by atoms with Crippen molar-refractivity contribution in [2.75, 3.05) is 18.4 Å². The summed E-state index contributed by atoms with van der Waals surface area (Å²) in [5.41, 5.74) is 2.18. The van der Waals surface area contributed by atoms with Gasteiger partial charge in [0.1, 0.15) is 5.82 Å². The van der Waals surface area contributed by atoms with Gasteiger partial charge in [-0.1, -0.05) is 6.07 Å². The second-order valence-corrected chi connectivity index (χ2v) is 5.14. The minimum Gasteiger partial charge on any atom is -0.316 e. The number of nitrogens with one attached hydrogen (secondary N) is 2. The largest absolute Gasteiger partial charge is 0.316 e. The Kier molecular flexibility index (Phi) is 3.87. The van der Waals surface area contributed by atoms with E-state index in [1.165, 1.54) is 12.8 Å². The molecule has 3 rings (SSSR count). The Morgan fingerprint density at radius 2 is 2.20 bits per heavy atom. The van der Waals surface area contributed by atoms with Crippen LogP contribution >= 0.6 is 0 Å². The van der Waals surface area contributed by atoms with E-state index < -0.39 is 0 Å². The predicted octanol–water partition coefficient (Wildman–Crippen LogP) is 2.39. The van der Waals surface area contributed by atoms with Crippen molar-refractivity contribution in [3.8, 4) is 0 Å². The van der Waals surface area contributed by atoms with Crippen LogP contribution in [0.4, 0.5) is 11.8 Å². The van der Waals surface area contributed by atoms with Crippen molar-refractivity contribution >= 4 is 11.8 Å². The van der Waals surface area contributed by atoms with Crippen molar-refractivity contribution in [1.82, 2.24) is 20.3 Å². The number of rotatable bonds is 3. The van der Waals surface area contributed by atoms with Crippen LogP contribution in [0.1, 0.15) is 30.0 Å². The number of hydrogen-bond acceptors (Lipinski definition) is 5. The van der Waals surface area contributed by atoms with E-state index in [0.717, 1.165) is 30.2 Å². The molecule has 0 unspecified atom stereocenters. The van der Waals surface area contributed by atoms with Crippen molar-refractivity contribution in [1.29, 1.82) is 0 Å². The monoisotopic (exact) mass is 269 g/mol. The number of aromatic nitrogens is 3. The highest BCUT2D eigenvalue weighted by molar-refractivity contribution is 5.52. The van der Waals surface area contributed by atoms with Crippen LogP contribution in [0.15, 0.2) is 30.6 Å². The summed E-state index contributed by atoms with van der Waals surface area (Å²) in [6.45, 7) is 4.13. The lowest BCUT2D eigenvalue weighted by Gasteiger charge is -2.22. The van der Waals surface area contributed by atoms with Crippen molar-refractivity contribution in [2.24, 2.45) is 0 Å². The molecular weight excluding hydrogens is 250 g/mol. The Morgan fingerprint density at radius 1 is 1.25 bits per heavy atom. The van der Waals surface area contributed by atoms with E-state index in [2.05, 4.69) is 25.6 Å². The molecule has 1 aliphatic heterocycles. The fourth-order valence-electron chi connectivity index (χ4n) is 2.49. The van der Waals surface area contributed by atoms with E-state index in [-0.39, 0.29) is 0 Å². The molecule has 3 heterocycles. The first kappa shape index (κ1) is 13.0. The zero-order valence-electron chi connectivity index (χ0n) is 11.6. The molecule has 2 aromatic heterocycles. The summed E-state index contributed by atoms with van der Waals surface area (Å²) in [6.07, 6.45) is 5.98. The molecule has 104 valence electrons. The Balaban J connectivity index is 1.79. The van der Waals surface area contributed by atoms with Gasteiger partial charge >= 0.3 is 0 Å². The Labute approximate surface area is 118 Å². The summed E-state index contributed by atoms with van der Waals surface area (Å²) >= 11 is 0. The molecule has 1 atom stereocenters. The second kappa shape index (κ2) is 5.96. The molecule has 1 fully saturated rings. The molecule has 2 aromatic rings. The fraction of sp³-hybridized carbons (Fsp3) is 0.400. The average molecular weight is 269 g/mol. The highest BCUT2D eigenvalue weighted by atomic mass is 15.1. The Hall–Kier alpha value is -2.01. The van der Waals surface area contributed by atoms with E-state index >= 15 is 0 Å². The molecule has 0 aromatic carbocycles. The molecule has 5 nitrogen and oxygen atoms in total. The second-order valence-electron chi connectivity index (χ2n) is 5.14. The number of anilines is 2. The molecule has 20 heavy (non-hydrogen) atoms. The molecule has 5 heteroatoms. The molecule has 2 N–H and O–H groups in total. The third kappa shape index (κ3) is 2.93. The van der Waals surface area contributed by atoms with Crippen LogP contribution in [0.5, 0.6) is 0 Å². The highest BCUT2D eigenvalue weighted by Crippen LogP contribution is 2.22. The van der Waals surface area contributed by atoms with Crippen molar-refractivity contribution in [3.05, 3.63) is 41.9 Å². The predicted molar refractivity (Wildman–Crippen MR) is 79.1 cm³/mol. The maximum absolute atomic E-state index is 4.63. The van der Waals surface area contributed by atoms with E-state index in [9.17, 15) is 0 Å².